The molecule has 2 fully saturated rings. The van der Waals surface area contributed by atoms with Crippen molar-refractivity contribution in [1.29, 1.82) is 0 Å². The van der Waals surface area contributed by atoms with E-state index in [9.17, 15) is 9.59 Å². The molecular weight excluding hydrogens is 338 g/mol. The van der Waals surface area contributed by atoms with E-state index in [0.29, 0.717) is 25.3 Å². The first-order valence-corrected chi connectivity index (χ1v) is 9.09. The SMILES string of the molecule is Cl.O=C(CCC1CCNCC1)NCc1cccc(N2CCCC2=O)c1. The van der Waals surface area contributed by atoms with Crippen molar-refractivity contribution < 1.29 is 9.59 Å². The first-order valence-electron chi connectivity index (χ1n) is 9.09. The summed E-state index contributed by atoms with van der Waals surface area (Å²) in [4.78, 5) is 25.7. The van der Waals surface area contributed by atoms with Gasteiger partial charge in [-0.05, 0) is 62.4 Å². The van der Waals surface area contributed by atoms with E-state index in [1.165, 1.54) is 12.8 Å². The van der Waals surface area contributed by atoms with Crippen molar-refractivity contribution in [2.75, 3.05) is 24.5 Å². The second kappa shape index (κ2) is 9.78. The van der Waals surface area contributed by atoms with E-state index in [1.807, 2.05) is 29.2 Å². The van der Waals surface area contributed by atoms with E-state index < -0.39 is 0 Å². The lowest BCUT2D eigenvalue weighted by Gasteiger charge is -2.22. The zero-order chi connectivity index (χ0) is 16.8. The van der Waals surface area contributed by atoms with E-state index >= 15 is 0 Å². The maximum atomic E-state index is 12.1. The molecule has 0 atom stereocenters. The minimum absolute atomic E-state index is 0. The van der Waals surface area contributed by atoms with Crippen molar-refractivity contribution >= 4 is 29.9 Å². The number of amides is 2. The number of nitrogens with zero attached hydrogens (tertiary/aromatic N) is 1. The molecule has 2 N–H and O–H groups in total. The van der Waals surface area contributed by atoms with Gasteiger partial charge in [-0.2, -0.15) is 0 Å². The number of carbonyl (C=O) groups is 2. The first-order chi connectivity index (χ1) is 11.7. The third kappa shape index (κ3) is 5.72. The van der Waals surface area contributed by atoms with Crippen LogP contribution in [0.4, 0.5) is 5.69 Å². The molecule has 1 aromatic carbocycles. The predicted molar refractivity (Wildman–Crippen MR) is 102 cm³/mol. The molecule has 2 heterocycles. The first kappa shape index (κ1) is 19.7. The maximum Gasteiger partial charge on any atom is 0.227 e. The Morgan fingerprint density at radius 2 is 2.08 bits per heavy atom. The van der Waals surface area contributed by atoms with Crippen LogP contribution in [0.3, 0.4) is 0 Å². The zero-order valence-electron chi connectivity index (χ0n) is 14.6. The maximum absolute atomic E-state index is 12.1. The summed E-state index contributed by atoms with van der Waals surface area (Å²) in [6, 6.07) is 7.93. The summed E-state index contributed by atoms with van der Waals surface area (Å²) in [6.07, 6.45) is 5.51. The summed E-state index contributed by atoms with van der Waals surface area (Å²) in [6.45, 7) is 3.48. The van der Waals surface area contributed by atoms with Gasteiger partial charge in [-0.1, -0.05) is 12.1 Å². The fraction of sp³-hybridized carbons (Fsp3) is 0.579. The van der Waals surface area contributed by atoms with Crippen LogP contribution in [0.15, 0.2) is 24.3 Å². The summed E-state index contributed by atoms with van der Waals surface area (Å²) in [7, 11) is 0. The van der Waals surface area contributed by atoms with Gasteiger partial charge in [0.05, 0.1) is 0 Å². The van der Waals surface area contributed by atoms with E-state index in [2.05, 4.69) is 10.6 Å². The Morgan fingerprint density at radius 1 is 1.28 bits per heavy atom. The molecule has 5 nitrogen and oxygen atoms in total. The molecule has 0 radical (unpaired) electrons. The van der Waals surface area contributed by atoms with Crippen LogP contribution in [0.2, 0.25) is 0 Å². The van der Waals surface area contributed by atoms with Gasteiger partial charge < -0.3 is 15.5 Å². The van der Waals surface area contributed by atoms with Crippen molar-refractivity contribution in [3.8, 4) is 0 Å². The van der Waals surface area contributed by atoms with E-state index in [-0.39, 0.29) is 24.2 Å². The Hall–Kier alpha value is -1.59. The molecular formula is C19H28ClN3O2. The number of anilines is 1. The number of piperidine rings is 1. The molecule has 0 saturated carbocycles. The van der Waals surface area contributed by atoms with Crippen molar-refractivity contribution in [1.82, 2.24) is 10.6 Å². The highest BCUT2D eigenvalue weighted by Gasteiger charge is 2.21. The molecule has 0 unspecified atom stereocenters. The lowest BCUT2D eigenvalue weighted by atomic mass is 9.93. The number of benzene rings is 1. The highest BCUT2D eigenvalue weighted by atomic mass is 35.5. The highest BCUT2D eigenvalue weighted by molar-refractivity contribution is 5.95. The van der Waals surface area contributed by atoms with Crippen LogP contribution in [0.5, 0.6) is 0 Å². The second-order valence-corrected chi connectivity index (χ2v) is 6.83. The Balaban J connectivity index is 0.00000225. The van der Waals surface area contributed by atoms with Crippen molar-refractivity contribution in [2.24, 2.45) is 5.92 Å². The van der Waals surface area contributed by atoms with Crippen LogP contribution in [-0.4, -0.2) is 31.4 Å². The van der Waals surface area contributed by atoms with Crippen molar-refractivity contribution in [2.45, 2.75) is 45.1 Å². The number of halogens is 1. The average Bonchev–Trinajstić information content (AvgIpc) is 3.05. The number of carbonyl (C=O) groups excluding carboxylic acids is 2. The lowest BCUT2D eigenvalue weighted by molar-refractivity contribution is -0.121. The Kier molecular flexibility index (Phi) is 7.72. The molecule has 2 aliphatic heterocycles. The Morgan fingerprint density at radius 3 is 2.80 bits per heavy atom. The third-order valence-corrected chi connectivity index (χ3v) is 5.02. The summed E-state index contributed by atoms with van der Waals surface area (Å²) in [5, 5.41) is 6.36. The van der Waals surface area contributed by atoms with Crippen LogP contribution in [0, 0.1) is 5.92 Å². The molecule has 25 heavy (non-hydrogen) atoms. The molecule has 3 rings (SSSR count). The molecule has 1 aromatic rings. The minimum atomic E-state index is 0. The van der Waals surface area contributed by atoms with Gasteiger partial charge in [0.1, 0.15) is 0 Å². The normalized spacial score (nSPS) is 18.1. The highest BCUT2D eigenvalue weighted by Crippen LogP contribution is 2.22. The fourth-order valence-electron chi connectivity index (χ4n) is 3.55. The smallest absolute Gasteiger partial charge is 0.227 e. The largest absolute Gasteiger partial charge is 0.352 e. The zero-order valence-corrected chi connectivity index (χ0v) is 15.4. The summed E-state index contributed by atoms with van der Waals surface area (Å²) in [5.74, 6) is 0.996. The van der Waals surface area contributed by atoms with Gasteiger partial charge in [-0.25, -0.2) is 0 Å². The summed E-state index contributed by atoms with van der Waals surface area (Å²) in [5.41, 5.74) is 1.99. The standard InChI is InChI=1S/C19H27N3O2.ClH/c23-18(7-6-15-8-10-20-11-9-15)21-14-16-3-1-4-17(13-16)22-12-2-5-19(22)24;/h1,3-4,13,15,20H,2,5-12,14H2,(H,21,23);1H. The molecule has 2 aliphatic rings. The van der Waals surface area contributed by atoms with Gasteiger partial charge >= 0.3 is 0 Å². The van der Waals surface area contributed by atoms with Gasteiger partial charge in [-0.3, -0.25) is 9.59 Å². The topological polar surface area (TPSA) is 61.4 Å². The molecule has 138 valence electrons. The third-order valence-electron chi connectivity index (χ3n) is 5.02. The van der Waals surface area contributed by atoms with E-state index in [4.69, 9.17) is 0 Å². The summed E-state index contributed by atoms with van der Waals surface area (Å²) < 4.78 is 0. The molecule has 6 heteroatoms. The van der Waals surface area contributed by atoms with Crippen LogP contribution < -0.4 is 15.5 Å². The summed E-state index contributed by atoms with van der Waals surface area (Å²) >= 11 is 0. The number of nitrogens with one attached hydrogen (secondary N) is 2. The van der Waals surface area contributed by atoms with Crippen molar-refractivity contribution in [3.05, 3.63) is 29.8 Å². The van der Waals surface area contributed by atoms with Gasteiger partial charge in [0.2, 0.25) is 11.8 Å². The van der Waals surface area contributed by atoms with Gasteiger partial charge in [0, 0.05) is 31.6 Å². The quantitative estimate of drug-likeness (QED) is 0.814. The van der Waals surface area contributed by atoms with Crippen LogP contribution in [-0.2, 0) is 16.1 Å². The monoisotopic (exact) mass is 365 g/mol. The molecule has 0 spiro atoms. The van der Waals surface area contributed by atoms with Crippen LogP contribution in [0.1, 0.15) is 44.1 Å². The number of rotatable bonds is 6. The number of hydrogen-bond acceptors (Lipinski definition) is 3. The number of hydrogen-bond donors (Lipinski definition) is 2. The fourth-order valence-corrected chi connectivity index (χ4v) is 3.55. The van der Waals surface area contributed by atoms with Gasteiger partial charge in [0.15, 0.2) is 0 Å². The molecule has 2 amide bonds. The molecule has 2 saturated heterocycles. The van der Waals surface area contributed by atoms with Crippen LogP contribution >= 0.6 is 12.4 Å². The van der Waals surface area contributed by atoms with Gasteiger partial charge in [-0.15, -0.1) is 12.4 Å². The molecule has 0 aromatic heterocycles. The Labute approximate surface area is 155 Å². The predicted octanol–water partition coefficient (Wildman–Crippen LogP) is 2.63. The van der Waals surface area contributed by atoms with E-state index in [1.54, 1.807) is 0 Å². The Bertz CT molecular complexity index is 588. The molecule has 0 aliphatic carbocycles. The van der Waals surface area contributed by atoms with E-state index in [0.717, 1.165) is 43.7 Å². The average molecular weight is 366 g/mol. The van der Waals surface area contributed by atoms with Gasteiger partial charge in [0.25, 0.3) is 0 Å². The molecule has 0 bridgehead atoms. The second-order valence-electron chi connectivity index (χ2n) is 6.83. The van der Waals surface area contributed by atoms with Crippen molar-refractivity contribution in [3.63, 3.8) is 0 Å². The minimum Gasteiger partial charge on any atom is -0.352 e. The lowest BCUT2D eigenvalue weighted by Crippen LogP contribution is -2.29. The van der Waals surface area contributed by atoms with Crippen LogP contribution in [0.25, 0.3) is 0 Å².